The Bertz CT molecular complexity index is 1100. The Kier molecular flexibility index (Phi) is 7.50. The monoisotopic (exact) mass is 521 g/mol. The van der Waals surface area contributed by atoms with Crippen LogP contribution < -0.4 is 4.90 Å². The maximum Gasteiger partial charge on any atom is 0.432 e. The third kappa shape index (κ3) is 4.69. The van der Waals surface area contributed by atoms with Crippen LogP contribution in [0.1, 0.15) is 18.1 Å². The van der Waals surface area contributed by atoms with Gasteiger partial charge in [-0.2, -0.15) is 26.3 Å². The topological polar surface area (TPSA) is 81.2 Å². The standard InChI is InChI=1S/C22H21F6N3O5/c1-4-35-16-17(31(19(33)30(16)2)15-12-14(10-11-29-15)21(23,24)25)36-18(32)20(34-3,22(26,27)28)13-8-6-5-7-9-13/h5-12,16-17H,4H2,1-3H3. The summed E-state index contributed by atoms with van der Waals surface area (Å²) in [6.07, 6.45) is -12.8. The fraction of sp³-hybridized carbons (Fsp3) is 0.409. The molecule has 36 heavy (non-hydrogen) atoms. The van der Waals surface area contributed by atoms with E-state index in [4.69, 9.17) is 14.2 Å². The lowest BCUT2D eigenvalue weighted by atomic mass is 9.92. The third-order valence-corrected chi connectivity index (χ3v) is 5.45. The molecule has 2 aromatic rings. The van der Waals surface area contributed by atoms with Crippen LogP contribution in [-0.2, 0) is 30.8 Å². The first-order valence-corrected chi connectivity index (χ1v) is 10.4. The maximum absolute atomic E-state index is 14.3. The minimum Gasteiger partial charge on any atom is -0.433 e. The number of urea groups is 1. The highest BCUT2D eigenvalue weighted by Gasteiger charge is 2.65. The number of nitrogens with zero attached hydrogens (tertiary/aromatic N) is 3. The molecule has 3 unspecified atom stereocenters. The van der Waals surface area contributed by atoms with Gasteiger partial charge in [-0.05, 0) is 19.1 Å². The molecule has 196 valence electrons. The van der Waals surface area contributed by atoms with Crippen LogP contribution in [0, 0.1) is 0 Å². The van der Waals surface area contributed by atoms with E-state index in [0.29, 0.717) is 24.1 Å². The van der Waals surface area contributed by atoms with Crippen LogP contribution >= 0.6 is 0 Å². The van der Waals surface area contributed by atoms with Gasteiger partial charge in [-0.1, -0.05) is 30.3 Å². The number of amides is 2. The van der Waals surface area contributed by atoms with E-state index in [2.05, 4.69) is 4.98 Å². The lowest BCUT2D eigenvalue weighted by Crippen LogP contribution is -2.55. The Morgan fingerprint density at radius 1 is 1.03 bits per heavy atom. The molecular formula is C22H21F6N3O5. The minimum atomic E-state index is -5.32. The number of esters is 1. The zero-order valence-electron chi connectivity index (χ0n) is 19.1. The first-order chi connectivity index (χ1) is 16.8. The van der Waals surface area contributed by atoms with Crippen LogP contribution in [0.4, 0.5) is 37.0 Å². The molecule has 8 nitrogen and oxygen atoms in total. The van der Waals surface area contributed by atoms with E-state index >= 15 is 0 Å². The Morgan fingerprint density at radius 3 is 2.19 bits per heavy atom. The van der Waals surface area contributed by atoms with Crippen molar-refractivity contribution in [3.63, 3.8) is 0 Å². The number of ether oxygens (including phenoxy) is 3. The summed E-state index contributed by atoms with van der Waals surface area (Å²) in [5, 5.41) is 0. The van der Waals surface area contributed by atoms with Crippen LogP contribution in [0.15, 0.2) is 48.7 Å². The number of anilines is 1. The number of aromatic nitrogens is 1. The van der Waals surface area contributed by atoms with Gasteiger partial charge in [0.2, 0.25) is 6.23 Å². The fourth-order valence-electron chi connectivity index (χ4n) is 3.72. The van der Waals surface area contributed by atoms with Crippen molar-refractivity contribution in [3.8, 4) is 0 Å². The lowest BCUT2D eigenvalue weighted by Gasteiger charge is -2.35. The molecule has 3 atom stereocenters. The summed E-state index contributed by atoms with van der Waals surface area (Å²) in [7, 11) is 1.83. The van der Waals surface area contributed by atoms with E-state index in [1.807, 2.05) is 0 Å². The van der Waals surface area contributed by atoms with Crippen molar-refractivity contribution in [2.45, 2.75) is 37.3 Å². The molecule has 0 N–H and O–H groups in total. The van der Waals surface area contributed by atoms with Crippen LogP contribution in [0.2, 0.25) is 0 Å². The van der Waals surface area contributed by atoms with Crippen molar-refractivity contribution in [1.29, 1.82) is 0 Å². The highest BCUT2D eigenvalue weighted by molar-refractivity contribution is 5.95. The molecule has 14 heteroatoms. The van der Waals surface area contributed by atoms with Crippen molar-refractivity contribution in [2.75, 3.05) is 25.7 Å². The van der Waals surface area contributed by atoms with Crippen LogP contribution in [-0.4, -0.2) is 61.3 Å². The smallest absolute Gasteiger partial charge is 0.432 e. The summed E-state index contributed by atoms with van der Waals surface area (Å²) in [5.41, 5.74) is -5.40. The minimum absolute atomic E-state index is 0.0758. The molecule has 0 spiro atoms. The van der Waals surface area contributed by atoms with Gasteiger partial charge in [0.1, 0.15) is 5.82 Å². The van der Waals surface area contributed by atoms with Crippen LogP contribution in [0.25, 0.3) is 0 Å². The molecular weight excluding hydrogens is 500 g/mol. The SMILES string of the molecule is CCOC1C(OC(=O)C(OC)(c2ccccc2)C(F)(F)F)N(c2cc(C(F)(F)F)ccn2)C(=O)N1C. The van der Waals surface area contributed by atoms with Gasteiger partial charge >= 0.3 is 24.4 Å². The largest absolute Gasteiger partial charge is 0.433 e. The van der Waals surface area contributed by atoms with E-state index in [1.165, 1.54) is 32.2 Å². The number of likely N-dealkylation sites (N-methyl/N-ethyl adjacent to an activating group) is 1. The van der Waals surface area contributed by atoms with Crippen molar-refractivity contribution in [1.82, 2.24) is 9.88 Å². The molecule has 1 saturated heterocycles. The van der Waals surface area contributed by atoms with Gasteiger partial charge in [0, 0.05) is 32.5 Å². The number of carbonyl (C=O) groups is 2. The Labute approximate surface area is 201 Å². The van der Waals surface area contributed by atoms with E-state index in [1.54, 1.807) is 0 Å². The molecule has 0 aliphatic carbocycles. The normalized spacial score (nSPS) is 20.4. The lowest BCUT2D eigenvalue weighted by molar-refractivity contribution is -0.280. The number of alkyl halides is 6. The number of hydrogen-bond acceptors (Lipinski definition) is 6. The second-order valence-electron chi connectivity index (χ2n) is 7.55. The summed E-state index contributed by atoms with van der Waals surface area (Å²) in [4.78, 5) is 31.3. The zero-order valence-corrected chi connectivity index (χ0v) is 19.1. The predicted molar refractivity (Wildman–Crippen MR) is 111 cm³/mol. The highest BCUT2D eigenvalue weighted by atomic mass is 19.4. The molecule has 0 bridgehead atoms. The highest BCUT2D eigenvalue weighted by Crippen LogP contribution is 2.44. The van der Waals surface area contributed by atoms with Gasteiger partial charge in [0.25, 0.3) is 5.60 Å². The van der Waals surface area contributed by atoms with Gasteiger partial charge in [-0.3, -0.25) is 4.90 Å². The van der Waals surface area contributed by atoms with Crippen LogP contribution in [0.5, 0.6) is 0 Å². The Morgan fingerprint density at radius 2 is 1.67 bits per heavy atom. The van der Waals surface area contributed by atoms with E-state index in [-0.39, 0.29) is 6.61 Å². The van der Waals surface area contributed by atoms with Crippen molar-refractivity contribution in [3.05, 3.63) is 59.8 Å². The summed E-state index contributed by atoms with van der Waals surface area (Å²) < 4.78 is 98.0. The first kappa shape index (κ1) is 27.2. The van der Waals surface area contributed by atoms with Gasteiger partial charge in [0.05, 0.1) is 5.56 Å². The number of hydrogen-bond donors (Lipinski definition) is 0. The molecule has 1 aliphatic heterocycles. The van der Waals surface area contributed by atoms with Crippen molar-refractivity contribution in [2.24, 2.45) is 0 Å². The number of rotatable bonds is 7. The quantitative estimate of drug-likeness (QED) is 0.399. The zero-order chi connectivity index (χ0) is 26.9. The fourth-order valence-corrected chi connectivity index (χ4v) is 3.72. The number of methoxy groups -OCH3 is 1. The molecule has 1 aromatic carbocycles. The average molecular weight is 521 g/mol. The molecule has 1 fully saturated rings. The van der Waals surface area contributed by atoms with Gasteiger partial charge < -0.3 is 14.2 Å². The summed E-state index contributed by atoms with van der Waals surface area (Å²) in [5.74, 6) is -2.57. The van der Waals surface area contributed by atoms with Gasteiger partial charge in [0.15, 0.2) is 6.23 Å². The summed E-state index contributed by atoms with van der Waals surface area (Å²) >= 11 is 0. The molecule has 0 radical (unpaired) electrons. The molecule has 3 rings (SSSR count). The Hall–Kier alpha value is -3.39. The van der Waals surface area contributed by atoms with E-state index in [9.17, 15) is 35.9 Å². The van der Waals surface area contributed by atoms with E-state index < -0.39 is 59.4 Å². The molecule has 2 heterocycles. The summed E-state index contributed by atoms with van der Waals surface area (Å²) in [6.45, 7) is 1.43. The van der Waals surface area contributed by atoms with Gasteiger partial charge in [-0.25, -0.2) is 19.5 Å². The van der Waals surface area contributed by atoms with Crippen LogP contribution in [0.3, 0.4) is 0 Å². The molecule has 2 amide bonds. The second kappa shape index (κ2) is 9.93. The maximum atomic E-state index is 14.3. The van der Waals surface area contributed by atoms with Gasteiger partial charge in [-0.15, -0.1) is 0 Å². The average Bonchev–Trinajstić information content (AvgIpc) is 3.04. The number of benzene rings is 1. The van der Waals surface area contributed by atoms with E-state index in [0.717, 1.165) is 23.2 Å². The number of pyridine rings is 1. The summed E-state index contributed by atoms with van der Waals surface area (Å²) in [6, 6.07) is 6.03. The van der Waals surface area contributed by atoms with Crippen molar-refractivity contribution < 1.29 is 50.1 Å². The first-order valence-electron chi connectivity index (χ1n) is 10.4. The molecule has 1 aliphatic rings. The number of carbonyl (C=O) groups excluding carboxylic acids is 2. The predicted octanol–water partition coefficient (Wildman–Crippen LogP) is 4.31. The third-order valence-electron chi connectivity index (χ3n) is 5.45. The molecule has 0 saturated carbocycles. The second-order valence-corrected chi connectivity index (χ2v) is 7.55. The van der Waals surface area contributed by atoms with Crippen molar-refractivity contribution >= 4 is 17.8 Å². The number of halogens is 6. The molecule has 1 aromatic heterocycles. The Balaban J connectivity index is 2.11.